The minimum Gasteiger partial charge on any atom is -0.445 e. The lowest BCUT2D eigenvalue weighted by Crippen LogP contribution is -2.27. The average molecular weight is 280 g/mol. The monoisotopic (exact) mass is 280 g/mol. The molecule has 1 heterocycles. The molecule has 0 bridgehead atoms. The number of hydrogen-bond acceptors (Lipinski definition) is 4. The van der Waals surface area contributed by atoms with E-state index in [0.717, 1.165) is 5.56 Å². The van der Waals surface area contributed by atoms with Crippen LogP contribution in [0.3, 0.4) is 0 Å². The molecule has 0 aliphatic carbocycles. The molecule has 1 amide bonds. The predicted molar refractivity (Wildman–Crippen MR) is 74.9 cm³/mol. The van der Waals surface area contributed by atoms with Crippen LogP contribution < -0.4 is 5.32 Å². The molecule has 2 rings (SSSR count). The van der Waals surface area contributed by atoms with Gasteiger partial charge in [-0.25, -0.2) is 9.78 Å². The summed E-state index contributed by atoms with van der Waals surface area (Å²) >= 11 is 0. The molecule has 1 aromatic carbocycles. The molecule has 0 aliphatic heterocycles. The number of benzene rings is 1. The fourth-order valence-electron chi connectivity index (χ4n) is 1.43. The highest BCUT2D eigenvalue weighted by Gasteiger charge is 2.12. The number of H-pyrrole nitrogens is 1. The third-order valence-corrected chi connectivity index (χ3v) is 2.39. The van der Waals surface area contributed by atoms with Crippen molar-refractivity contribution in [2.45, 2.75) is 19.6 Å². The lowest BCUT2D eigenvalue weighted by molar-refractivity contribution is 0.136. The molecular weight excluding hydrogens is 264 g/mol. The molecule has 0 fully saturated rings. The molecule has 0 saturated carbocycles. The molecule has 19 heavy (non-hydrogen) atoms. The Hall–Kier alpha value is -2.02. The number of aromatic nitrogens is 3. The third kappa shape index (κ3) is 4.63. The largest absolute Gasteiger partial charge is 0.445 e. The van der Waals surface area contributed by atoms with Gasteiger partial charge in [-0.15, -0.1) is 0 Å². The first-order chi connectivity index (χ1) is 8.75. The first-order valence-corrected chi connectivity index (χ1v) is 5.58. The van der Waals surface area contributed by atoms with E-state index in [-0.39, 0.29) is 26.1 Å². The van der Waals surface area contributed by atoms with Gasteiger partial charge in [0.25, 0.3) is 0 Å². The van der Waals surface area contributed by atoms with Gasteiger partial charge in [-0.05, 0) is 12.5 Å². The normalized spacial score (nSPS) is 11.2. The molecule has 1 atom stereocenters. The van der Waals surface area contributed by atoms with Gasteiger partial charge in [0, 0.05) is 0 Å². The van der Waals surface area contributed by atoms with Crippen LogP contribution in [0.4, 0.5) is 4.79 Å². The summed E-state index contributed by atoms with van der Waals surface area (Å²) < 4.78 is 5.08. The Morgan fingerprint density at radius 3 is 2.79 bits per heavy atom. The maximum atomic E-state index is 11.5. The molecule has 0 radical (unpaired) electrons. The summed E-state index contributed by atoms with van der Waals surface area (Å²) in [5.41, 5.74) is 0.944. The highest BCUT2D eigenvalue weighted by molar-refractivity contribution is 7.59. The number of nitrogens with one attached hydrogen (secondary N) is 2. The summed E-state index contributed by atoms with van der Waals surface area (Å²) in [6.45, 7) is 2.04. The first-order valence-electron chi connectivity index (χ1n) is 5.58. The fourth-order valence-corrected chi connectivity index (χ4v) is 1.43. The maximum absolute atomic E-state index is 11.5. The number of aromatic amines is 1. The summed E-state index contributed by atoms with van der Waals surface area (Å²) in [6.07, 6.45) is 0.908. The summed E-state index contributed by atoms with van der Waals surface area (Å²) in [5.74, 6) is 0.590. The van der Waals surface area contributed by atoms with Gasteiger partial charge in [0.1, 0.15) is 18.8 Å². The van der Waals surface area contributed by atoms with Crippen molar-refractivity contribution in [3.05, 3.63) is 48.0 Å². The van der Waals surface area contributed by atoms with Crippen LogP contribution in [0.15, 0.2) is 36.7 Å². The molecule has 2 aromatic rings. The number of rotatable bonds is 4. The average Bonchev–Trinajstić information content (AvgIpc) is 2.91. The van der Waals surface area contributed by atoms with Gasteiger partial charge in [0.05, 0.1) is 6.04 Å². The maximum Gasteiger partial charge on any atom is 0.408 e. The quantitative estimate of drug-likeness (QED) is 0.896. The molecule has 2 N–H and O–H groups in total. The van der Waals surface area contributed by atoms with Crippen molar-refractivity contribution in [1.82, 2.24) is 20.5 Å². The number of carbonyl (C=O) groups excluding carboxylic acids is 1. The zero-order valence-electron chi connectivity index (χ0n) is 10.5. The summed E-state index contributed by atoms with van der Waals surface area (Å²) in [6, 6.07) is 9.23. The van der Waals surface area contributed by atoms with Crippen LogP contribution in [0.5, 0.6) is 0 Å². The third-order valence-electron chi connectivity index (χ3n) is 2.39. The SMILES string of the molecule is C[C@H](NC(=O)OCc1ccccc1)c1ncn[nH]1.S. The van der Waals surface area contributed by atoms with Gasteiger partial charge >= 0.3 is 6.09 Å². The van der Waals surface area contributed by atoms with Gasteiger partial charge in [-0.2, -0.15) is 18.6 Å². The van der Waals surface area contributed by atoms with Crippen LogP contribution in [0, 0.1) is 0 Å². The number of amides is 1. The van der Waals surface area contributed by atoms with Crippen molar-refractivity contribution in [2.75, 3.05) is 0 Å². The summed E-state index contributed by atoms with van der Waals surface area (Å²) in [5, 5.41) is 9.06. The standard InChI is InChI=1S/C12H14N4O2.H2S/c1-9(11-13-8-14-16-11)15-12(17)18-7-10-5-3-2-4-6-10;/h2-6,8-9H,7H2,1H3,(H,15,17)(H,13,14,16);1H2/t9-;/m0./s1. The van der Waals surface area contributed by atoms with Gasteiger partial charge in [-0.3, -0.25) is 5.10 Å². The molecule has 0 unspecified atom stereocenters. The summed E-state index contributed by atoms with van der Waals surface area (Å²) in [4.78, 5) is 15.5. The zero-order valence-corrected chi connectivity index (χ0v) is 11.5. The van der Waals surface area contributed by atoms with Crippen molar-refractivity contribution in [3.63, 3.8) is 0 Å². The van der Waals surface area contributed by atoms with E-state index in [4.69, 9.17) is 4.74 Å². The van der Waals surface area contributed by atoms with E-state index in [0.29, 0.717) is 5.82 Å². The Bertz CT molecular complexity index is 490. The lowest BCUT2D eigenvalue weighted by Gasteiger charge is -2.11. The number of nitrogens with zero attached hydrogens (tertiary/aromatic N) is 2. The molecule has 0 aliphatic rings. The Balaban J connectivity index is 0.00000180. The van der Waals surface area contributed by atoms with Crippen molar-refractivity contribution < 1.29 is 9.53 Å². The number of ether oxygens (including phenoxy) is 1. The second-order valence-corrected chi connectivity index (χ2v) is 3.80. The molecule has 1 aromatic heterocycles. The Kier molecular flexibility index (Phi) is 5.87. The van der Waals surface area contributed by atoms with Gasteiger partial charge in [0.2, 0.25) is 0 Å². The second kappa shape index (κ2) is 7.42. The highest BCUT2D eigenvalue weighted by Crippen LogP contribution is 2.05. The lowest BCUT2D eigenvalue weighted by atomic mass is 10.2. The fraction of sp³-hybridized carbons (Fsp3) is 0.250. The highest BCUT2D eigenvalue weighted by atomic mass is 32.1. The van der Waals surface area contributed by atoms with Crippen LogP contribution >= 0.6 is 13.5 Å². The van der Waals surface area contributed by atoms with Crippen molar-refractivity contribution in [2.24, 2.45) is 0 Å². The molecule has 0 spiro atoms. The van der Waals surface area contributed by atoms with E-state index in [1.807, 2.05) is 30.3 Å². The van der Waals surface area contributed by atoms with Crippen LogP contribution in [0.2, 0.25) is 0 Å². The van der Waals surface area contributed by atoms with E-state index in [9.17, 15) is 4.79 Å². The number of alkyl carbamates (subject to hydrolysis) is 1. The van der Waals surface area contributed by atoms with Crippen molar-refractivity contribution >= 4 is 19.6 Å². The molecule has 102 valence electrons. The minimum atomic E-state index is -0.484. The molecule has 6 nitrogen and oxygen atoms in total. The molecular formula is C12H16N4O2S. The van der Waals surface area contributed by atoms with Gasteiger partial charge in [-0.1, -0.05) is 30.3 Å². The van der Waals surface area contributed by atoms with E-state index in [1.54, 1.807) is 6.92 Å². The minimum absolute atomic E-state index is 0. The van der Waals surface area contributed by atoms with E-state index >= 15 is 0 Å². The van der Waals surface area contributed by atoms with Crippen LogP contribution in [-0.4, -0.2) is 21.3 Å². The van der Waals surface area contributed by atoms with Gasteiger partial charge < -0.3 is 10.1 Å². The van der Waals surface area contributed by atoms with E-state index in [2.05, 4.69) is 20.5 Å². The van der Waals surface area contributed by atoms with E-state index in [1.165, 1.54) is 6.33 Å². The Labute approximate surface area is 118 Å². The first kappa shape index (κ1) is 15.0. The topological polar surface area (TPSA) is 79.9 Å². The molecule has 7 heteroatoms. The molecule has 0 saturated heterocycles. The zero-order chi connectivity index (χ0) is 12.8. The van der Waals surface area contributed by atoms with Gasteiger partial charge in [0.15, 0.2) is 0 Å². The van der Waals surface area contributed by atoms with E-state index < -0.39 is 6.09 Å². The smallest absolute Gasteiger partial charge is 0.408 e. The van der Waals surface area contributed by atoms with Crippen molar-refractivity contribution in [3.8, 4) is 0 Å². The van der Waals surface area contributed by atoms with Crippen LogP contribution in [0.25, 0.3) is 0 Å². The second-order valence-electron chi connectivity index (χ2n) is 3.80. The Morgan fingerprint density at radius 1 is 1.42 bits per heavy atom. The van der Waals surface area contributed by atoms with Crippen LogP contribution in [-0.2, 0) is 11.3 Å². The van der Waals surface area contributed by atoms with Crippen LogP contribution in [0.1, 0.15) is 24.4 Å². The number of hydrogen-bond donors (Lipinski definition) is 2. The Morgan fingerprint density at radius 2 is 2.16 bits per heavy atom. The number of carbonyl (C=O) groups is 1. The predicted octanol–water partition coefficient (Wildman–Crippen LogP) is 1.90. The van der Waals surface area contributed by atoms with Crippen molar-refractivity contribution in [1.29, 1.82) is 0 Å². The summed E-state index contributed by atoms with van der Waals surface area (Å²) in [7, 11) is 0.